The van der Waals surface area contributed by atoms with E-state index in [1.807, 2.05) is 24.3 Å². The fraction of sp³-hybridized carbons (Fsp3) is 0.267. The fourth-order valence-electron chi connectivity index (χ4n) is 1.72. The number of ketones is 1. The second kappa shape index (κ2) is 6.87. The van der Waals surface area contributed by atoms with E-state index < -0.39 is 0 Å². The average molecular weight is 418 g/mol. The SMILES string of the molecule is CC(C)c1cccc(OCC(=O)c2cc(Br)sc2Br)c1. The Morgan fingerprint density at radius 1 is 1.30 bits per heavy atom. The molecule has 0 fully saturated rings. The number of benzene rings is 1. The van der Waals surface area contributed by atoms with Gasteiger partial charge in [-0.15, -0.1) is 11.3 Å². The molecule has 0 atom stereocenters. The molecule has 0 amide bonds. The third-order valence-electron chi connectivity index (χ3n) is 2.85. The highest BCUT2D eigenvalue weighted by Gasteiger charge is 2.14. The quantitative estimate of drug-likeness (QED) is 0.586. The first-order valence-corrected chi connectivity index (χ1v) is 8.58. The van der Waals surface area contributed by atoms with Crippen molar-refractivity contribution < 1.29 is 9.53 Å². The molecule has 0 saturated carbocycles. The molecule has 2 nitrogen and oxygen atoms in total. The van der Waals surface area contributed by atoms with Crippen molar-refractivity contribution in [2.75, 3.05) is 6.61 Å². The number of carbonyl (C=O) groups is 1. The van der Waals surface area contributed by atoms with Gasteiger partial charge in [0, 0.05) is 5.56 Å². The van der Waals surface area contributed by atoms with Crippen molar-refractivity contribution in [2.24, 2.45) is 0 Å². The Kier molecular flexibility index (Phi) is 5.41. The average Bonchev–Trinajstić information content (AvgIpc) is 2.75. The highest BCUT2D eigenvalue weighted by molar-refractivity contribution is 9.12. The number of rotatable bonds is 5. The van der Waals surface area contributed by atoms with Gasteiger partial charge in [0.25, 0.3) is 0 Å². The topological polar surface area (TPSA) is 26.3 Å². The number of thiophene rings is 1. The van der Waals surface area contributed by atoms with Crippen LogP contribution >= 0.6 is 43.2 Å². The number of hydrogen-bond donors (Lipinski definition) is 0. The van der Waals surface area contributed by atoms with Gasteiger partial charge in [0.15, 0.2) is 6.61 Å². The van der Waals surface area contributed by atoms with Crippen LogP contribution in [-0.2, 0) is 0 Å². The van der Waals surface area contributed by atoms with Crippen LogP contribution < -0.4 is 4.74 Å². The van der Waals surface area contributed by atoms with Gasteiger partial charge in [-0.2, -0.15) is 0 Å². The number of ether oxygens (including phenoxy) is 1. The van der Waals surface area contributed by atoms with Crippen LogP contribution in [0.3, 0.4) is 0 Å². The van der Waals surface area contributed by atoms with Crippen LogP contribution in [0.1, 0.15) is 35.7 Å². The Balaban J connectivity index is 2.03. The zero-order chi connectivity index (χ0) is 14.7. The lowest BCUT2D eigenvalue weighted by Crippen LogP contribution is -2.11. The molecule has 1 aromatic heterocycles. The van der Waals surface area contributed by atoms with E-state index in [1.165, 1.54) is 16.9 Å². The van der Waals surface area contributed by atoms with Crippen LogP contribution in [0.4, 0.5) is 0 Å². The van der Waals surface area contributed by atoms with Gasteiger partial charge in [0.1, 0.15) is 5.75 Å². The first-order valence-electron chi connectivity index (χ1n) is 6.18. The summed E-state index contributed by atoms with van der Waals surface area (Å²) in [6.07, 6.45) is 0. The van der Waals surface area contributed by atoms with Gasteiger partial charge in [0.05, 0.1) is 7.57 Å². The largest absolute Gasteiger partial charge is 0.485 e. The molecule has 106 valence electrons. The summed E-state index contributed by atoms with van der Waals surface area (Å²) in [7, 11) is 0. The zero-order valence-corrected chi connectivity index (χ0v) is 15.1. The van der Waals surface area contributed by atoms with E-state index in [0.717, 1.165) is 13.3 Å². The Morgan fingerprint density at radius 2 is 2.05 bits per heavy atom. The summed E-state index contributed by atoms with van der Waals surface area (Å²) in [4.78, 5) is 12.1. The Labute approximate surface area is 139 Å². The molecule has 20 heavy (non-hydrogen) atoms. The second-order valence-electron chi connectivity index (χ2n) is 4.68. The molecule has 2 aromatic rings. The summed E-state index contributed by atoms with van der Waals surface area (Å²) in [5, 5.41) is 0. The summed E-state index contributed by atoms with van der Waals surface area (Å²) < 4.78 is 7.35. The molecule has 0 unspecified atom stereocenters. The van der Waals surface area contributed by atoms with Gasteiger partial charge in [-0.05, 0) is 61.5 Å². The van der Waals surface area contributed by atoms with Crippen molar-refractivity contribution in [3.05, 3.63) is 49.0 Å². The van der Waals surface area contributed by atoms with Crippen molar-refractivity contribution in [1.82, 2.24) is 0 Å². The molecule has 0 radical (unpaired) electrons. The predicted molar refractivity (Wildman–Crippen MR) is 90.1 cm³/mol. The first kappa shape index (κ1) is 15.7. The molecular weight excluding hydrogens is 404 g/mol. The number of carbonyl (C=O) groups excluding carboxylic acids is 1. The molecule has 2 rings (SSSR count). The van der Waals surface area contributed by atoms with Gasteiger partial charge in [0.2, 0.25) is 5.78 Å². The Hall–Kier alpha value is -0.650. The van der Waals surface area contributed by atoms with Crippen LogP contribution in [-0.4, -0.2) is 12.4 Å². The van der Waals surface area contributed by atoms with Crippen molar-refractivity contribution >= 4 is 49.0 Å². The van der Waals surface area contributed by atoms with Crippen molar-refractivity contribution in [1.29, 1.82) is 0 Å². The van der Waals surface area contributed by atoms with Crippen LogP contribution in [0.15, 0.2) is 37.9 Å². The van der Waals surface area contributed by atoms with Gasteiger partial charge < -0.3 is 4.74 Å². The van der Waals surface area contributed by atoms with E-state index in [-0.39, 0.29) is 12.4 Å². The molecule has 0 aliphatic carbocycles. The molecular formula is C15H14Br2O2S. The number of halogens is 2. The summed E-state index contributed by atoms with van der Waals surface area (Å²) >= 11 is 8.24. The van der Waals surface area contributed by atoms with Crippen LogP contribution in [0.2, 0.25) is 0 Å². The van der Waals surface area contributed by atoms with E-state index in [1.54, 1.807) is 0 Å². The number of Topliss-reactive ketones (excluding diaryl/α,β-unsaturated/α-hetero) is 1. The summed E-state index contributed by atoms with van der Waals surface area (Å²) in [5.74, 6) is 1.14. The lowest BCUT2D eigenvalue weighted by Gasteiger charge is -2.09. The minimum absolute atomic E-state index is 0.0335. The third kappa shape index (κ3) is 3.93. The van der Waals surface area contributed by atoms with Gasteiger partial charge in [-0.1, -0.05) is 26.0 Å². The summed E-state index contributed by atoms with van der Waals surface area (Å²) in [6, 6.07) is 9.68. The van der Waals surface area contributed by atoms with E-state index >= 15 is 0 Å². The maximum Gasteiger partial charge on any atom is 0.202 e. The van der Waals surface area contributed by atoms with E-state index in [4.69, 9.17) is 4.74 Å². The molecule has 0 spiro atoms. The van der Waals surface area contributed by atoms with Crippen LogP contribution in [0.5, 0.6) is 5.75 Å². The Bertz CT molecular complexity index is 620. The lowest BCUT2D eigenvalue weighted by atomic mass is 10.0. The second-order valence-corrected chi connectivity index (χ2v) is 8.43. The monoisotopic (exact) mass is 416 g/mol. The summed E-state index contributed by atoms with van der Waals surface area (Å²) in [5.41, 5.74) is 1.86. The van der Waals surface area contributed by atoms with Crippen molar-refractivity contribution in [3.8, 4) is 5.75 Å². The summed E-state index contributed by atoms with van der Waals surface area (Å²) in [6.45, 7) is 4.30. The molecule has 5 heteroatoms. The highest BCUT2D eigenvalue weighted by atomic mass is 79.9. The highest BCUT2D eigenvalue weighted by Crippen LogP contribution is 2.32. The van der Waals surface area contributed by atoms with Crippen molar-refractivity contribution in [3.63, 3.8) is 0 Å². The molecule has 0 saturated heterocycles. The maximum absolute atomic E-state index is 12.1. The van der Waals surface area contributed by atoms with E-state index in [9.17, 15) is 4.79 Å². The van der Waals surface area contributed by atoms with Gasteiger partial charge in [-0.25, -0.2) is 0 Å². The first-order chi connectivity index (χ1) is 9.47. The van der Waals surface area contributed by atoms with Crippen LogP contribution in [0, 0.1) is 0 Å². The van der Waals surface area contributed by atoms with Crippen molar-refractivity contribution in [2.45, 2.75) is 19.8 Å². The predicted octanol–water partition coefficient (Wildman–Crippen LogP) is 5.66. The van der Waals surface area contributed by atoms with Crippen LogP contribution in [0.25, 0.3) is 0 Å². The van der Waals surface area contributed by atoms with E-state index in [2.05, 4.69) is 51.8 Å². The normalized spacial score (nSPS) is 10.8. The molecule has 0 aliphatic heterocycles. The van der Waals surface area contributed by atoms with Gasteiger partial charge >= 0.3 is 0 Å². The molecule has 0 N–H and O–H groups in total. The minimum Gasteiger partial charge on any atom is -0.485 e. The maximum atomic E-state index is 12.1. The standard InChI is InChI=1S/C15H14Br2O2S/c1-9(2)10-4-3-5-11(6-10)19-8-13(18)12-7-14(16)20-15(12)17/h3-7,9H,8H2,1-2H3. The molecule has 1 heterocycles. The molecule has 1 aromatic carbocycles. The smallest absolute Gasteiger partial charge is 0.202 e. The fourth-order valence-corrected chi connectivity index (χ4v) is 4.58. The zero-order valence-electron chi connectivity index (χ0n) is 11.2. The molecule has 0 bridgehead atoms. The minimum atomic E-state index is -0.0335. The van der Waals surface area contributed by atoms with Gasteiger partial charge in [-0.3, -0.25) is 4.79 Å². The number of hydrogen-bond acceptors (Lipinski definition) is 3. The lowest BCUT2D eigenvalue weighted by molar-refractivity contribution is 0.0921. The van der Waals surface area contributed by atoms with E-state index in [0.29, 0.717) is 11.5 Å². The molecule has 0 aliphatic rings. The Morgan fingerprint density at radius 3 is 2.65 bits per heavy atom. The third-order valence-corrected chi connectivity index (χ3v) is 5.19.